The van der Waals surface area contributed by atoms with Crippen molar-refractivity contribution in [3.8, 4) is 22.3 Å². The van der Waals surface area contributed by atoms with Gasteiger partial charge in [0, 0.05) is 0 Å². The highest BCUT2D eigenvalue weighted by atomic mass is 19.1. The van der Waals surface area contributed by atoms with Gasteiger partial charge in [-0.2, -0.15) is 0 Å². The zero-order chi connectivity index (χ0) is 36.8. The van der Waals surface area contributed by atoms with E-state index in [9.17, 15) is 0 Å². The van der Waals surface area contributed by atoms with Crippen LogP contribution in [-0.4, -0.2) is 13.2 Å². The van der Waals surface area contributed by atoms with Crippen molar-refractivity contribution in [1.82, 2.24) is 0 Å². The molecule has 0 bridgehead atoms. The van der Waals surface area contributed by atoms with Crippen molar-refractivity contribution in [3.63, 3.8) is 0 Å². The van der Waals surface area contributed by atoms with E-state index in [2.05, 4.69) is 62.4 Å². The highest BCUT2D eigenvalue weighted by Gasteiger charge is 2.23. The molecule has 0 radical (unpaired) electrons. The van der Waals surface area contributed by atoms with Gasteiger partial charge in [-0.15, -0.1) is 0 Å². The number of hydrogen-bond donors (Lipinski definition) is 0. The van der Waals surface area contributed by atoms with Crippen molar-refractivity contribution in [2.45, 2.75) is 141 Å². The van der Waals surface area contributed by atoms with E-state index >= 15 is 8.78 Å². The van der Waals surface area contributed by atoms with Gasteiger partial charge in [-0.3, -0.25) is 0 Å². The van der Waals surface area contributed by atoms with E-state index in [0.717, 1.165) is 34.1 Å². The van der Waals surface area contributed by atoms with Crippen LogP contribution in [0.2, 0.25) is 0 Å². The van der Waals surface area contributed by atoms with E-state index in [1.807, 2.05) is 24.3 Å². The minimum atomic E-state index is -0.198. The van der Waals surface area contributed by atoms with E-state index in [-0.39, 0.29) is 11.6 Å². The van der Waals surface area contributed by atoms with Gasteiger partial charge in [-0.05, 0) is 145 Å². The van der Waals surface area contributed by atoms with Crippen molar-refractivity contribution in [1.29, 1.82) is 0 Å². The molecule has 0 aromatic heterocycles. The van der Waals surface area contributed by atoms with Crippen LogP contribution in [0.4, 0.5) is 8.78 Å². The average molecular weight is 719 g/mol. The van der Waals surface area contributed by atoms with Crippen molar-refractivity contribution in [2.24, 2.45) is 11.8 Å². The van der Waals surface area contributed by atoms with Gasteiger partial charge in [0.05, 0.1) is 13.2 Å². The summed E-state index contributed by atoms with van der Waals surface area (Å²) in [5.41, 5.74) is 8.08. The van der Waals surface area contributed by atoms with Crippen LogP contribution in [0.25, 0.3) is 22.3 Å². The summed E-state index contributed by atoms with van der Waals surface area (Å²) in [6, 6.07) is 28.7. The van der Waals surface area contributed by atoms with Gasteiger partial charge in [0.1, 0.15) is 11.6 Å². The van der Waals surface area contributed by atoms with Gasteiger partial charge in [0.15, 0.2) is 0 Å². The summed E-state index contributed by atoms with van der Waals surface area (Å²) >= 11 is 0. The SMILES string of the molecule is CCCCCC1CCC(c2ccc(-c3ccc(CCOCCc4ccc(-c5ccc(C6CCC(CCCCC)CC6)cc5)cc4F)c(F)c3)cc2)CC1. The van der Waals surface area contributed by atoms with Crippen LogP contribution in [0.1, 0.15) is 151 Å². The second kappa shape index (κ2) is 20.4. The molecule has 2 fully saturated rings. The summed E-state index contributed by atoms with van der Waals surface area (Å²) in [7, 11) is 0. The lowest BCUT2D eigenvalue weighted by Gasteiger charge is -2.29. The van der Waals surface area contributed by atoms with Gasteiger partial charge in [0.25, 0.3) is 0 Å². The molecule has 2 aliphatic carbocycles. The largest absolute Gasteiger partial charge is 0.381 e. The molecule has 284 valence electrons. The van der Waals surface area contributed by atoms with Gasteiger partial charge in [0.2, 0.25) is 0 Å². The predicted octanol–water partition coefficient (Wildman–Crippen LogP) is 14.8. The second-order valence-electron chi connectivity index (χ2n) is 16.4. The molecule has 0 amide bonds. The maximum Gasteiger partial charge on any atom is 0.127 e. The van der Waals surface area contributed by atoms with Gasteiger partial charge < -0.3 is 4.74 Å². The lowest BCUT2D eigenvalue weighted by Crippen LogP contribution is -2.13. The summed E-state index contributed by atoms with van der Waals surface area (Å²) < 4.78 is 36.1. The average Bonchev–Trinajstić information content (AvgIpc) is 3.20. The molecule has 0 unspecified atom stereocenters. The molecule has 2 aliphatic rings. The van der Waals surface area contributed by atoms with Crippen LogP contribution < -0.4 is 0 Å². The third-order valence-electron chi connectivity index (χ3n) is 12.7. The molecule has 4 aromatic carbocycles. The zero-order valence-electron chi connectivity index (χ0n) is 32.7. The Kier molecular flexibility index (Phi) is 15.2. The van der Waals surface area contributed by atoms with Crippen molar-refractivity contribution in [3.05, 3.63) is 119 Å². The number of unbranched alkanes of at least 4 members (excludes halogenated alkanes) is 4. The lowest BCUT2D eigenvalue weighted by molar-refractivity contribution is 0.139. The predicted molar refractivity (Wildman–Crippen MR) is 220 cm³/mol. The Morgan fingerprint density at radius 2 is 0.849 bits per heavy atom. The van der Waals surface area contributed by atoms with E-state index in [4.69, 9.17) is 4.74 Å². The Balaban J connectivity index is 0.910. The van der Waals surface area contributed by atoms with Crippen LogP contribution in [0.15, 0.2) is 84.9 Å². The van der Waals surface area contributed by atoms with Crippen molar-refractivity contribution < 1.29 is 13.5 Å². The molecule has 1 nitrogen and oxygen atoms in total. The summed E-state index contributed by atoms with van der Waals surface area (Å²) in [4.78, 5) is 0. The molecule has 0 heterocycles. The molecule has 0 atom stereocenters. The first-order chi connectivity index (χ1) is 26.0. The van der Waals surface area contributed by atoms with E-state index < -0.39 is 0 Å². The fourth-order valence-corrected chi connectivity index (χ4v) is 9.16. The maximum atomic E-state index is 15.1. The Morgan fingerprint density at radius 3 is 1.21 bits per heavy atom. The van der Waals surface area contributed by atoms with Crippen LogP contribution in [0, 0.1) is 23.5 Å². The van der Waals surface area contributed by atoms with E-state index in [1.165, 1.54) is 114 Å². The molecular weight excluding hydrogens is 655 g/mol. The summed E-state index contributed by atoms with van der Waals surface area (Å²) in [6.07, 6.45) is 22.5. The first kappa shape index (κ1) is 39.4. The van der Waals surface area contributed by atoms with Gasteiger partial charge >= 0.3 is 0 Å². The summed E-state index contributed by atoms with van der Waals surface area (Å²) in [5, 5.41) is 0. The quantitative estimate of drug-likeness (QED) is 0.0931. The number of benzene rings is 4. The third-order valence-corrected chi connectivity index (χ3v) is 12.7. The number of ether oxygens (including phenoxy) is 1. The highest BCUT2D eigenvalue weighted by Crippen LogP contribution is 2.40. The zero-order valence-corrected chi connectivity index (χ0v) is 32.7. The molecule has 53 heavy (non-hydrogen) atoms. The van der Waals surface area contributed by atoms with Gasteiger partial charge in [-0.25, -0.2) is 8.78 Å². The van der Waals surface area contributed by atoms with Gasteiger partial charge in [-0.1, -0.05) is 138 Å². The molecule has 6 rings (SSSR count). The number of rotatable bonds is 18. The number of hydrogen-bond acceptors (Lipinski definition) is 1. The van der Waals surface area contributed by atoms with Crippen molar-refractivity contribution >= 4 is 0 Å². The molecule has 0 saturated heterocycles. The second-order valence-corrected chi connectivity index (χ2v) is 16.4. The smallest absolute Gasteiger partial charge is 0.127 e. The molecule has 3 heteroatoms. The summed E-state index contributed by atoms with van der Waals surface area (Å²) in [6.45, 7) is 5.37. The standard InChI is InChI=1S/C50H64F2O/c1-3-5-7-9-37-11-15-39(16-12-37)41-19-23-43(24-20-41)47-29-27-45(49(51)35-47)31-33-53-34-32-46-28-30-48(36-50(46)52)44-25-21-42(22-26-44)40-17-13-38(14-18-40)10-8-6-4-2/h19-30,35-40H,3-18,31-34H2,1-2H3. The van der Waals surface area contributed by atoms with Crippen LogP contribution in [0.3, 0.4) is 0 Å². The normalized spacial score (nSPS) is 20.5. The minimum absolute atomic E-state index is 0.198. The fraction of sp³-hybridized carbons (Fsp3) is 0.520. The minimum Gasteiger partial charge on any atom is -0.381 e. The summed E-state index contributed by atoms with van der Waals surface area (Å²) in [5.74, 6) is 2.75. The van der Waals surface area contributed by atoms with Crippen molar-refractivity contribution in [2.75, 3.05) is 13.2 Å². The molecule has 2 saturated carbocycles. The molecule has 0 spiro atoms. The Hall–Kier alpha value is -3.30. The Labute approximate surface area is 320 Å². The van der Waals surface area contributed by atoms with E-state index in [1.54, 1.807) is 12.1 Å². The molecule has 4 aromatic rings. The maximum absolute atomic E-state index is 15.1. The monoisotopic (exact) mass is 718 g/mol. The molecule has 0 aliphatic heterocycles. The highest BCUT2D eigenvalue weighted by molar-refractivity contribution is 5.65. The lowest BCUT2D eigenvalue weighted by atomic mass is 9.77. The third kappa shape index (κ3) is 11.4. The van der Waals surface area contributed by atoms with Crippen LogP contribution >= 0.6 is 0 Å². The van der Waals surface area contributed by atoms with Crippen LogP contribution in [0.5, 0.6) is 0 Å². The number of halogens is 2. The first-order valence-electron chi connectivity index (χ1n) is 21.4. The van der Waals surface area contributed by atoms with Crippen LogP contribution in [-0.2, 0) is 17.6 Å². The fourth-order valence-electron chi connectivity index (χ4n) is 9.16. The first-order valence-corrected chi connectivity index (χ1v) is 21.4. The Bertz CT molecular complexity index is 1530. The van der Waals surface area contributed by atoms with E-state index in [0.29, 0.717) is 49.0 Å². The Morgan fingerprint density at radius 1 is 0.472 bits per heavy atom. The molecule has 0 N–H and O–H groups in total. The molecular formula is C50H64F2O. The topological polar surface area (TPSA) is 9.23 Å².